The van der Waals surface area contributed by atoms with Crippen LogP contribution in [0, 0.1) is 25.2 Å². The number of nitrogens with one attached hydrogen (secondary N) is 1. The first kappa shape index (κ1) is 15.6. The Balaban J connectivity index is 2.25. The fourth-order valence-corrected chi connectivity index (χ4v) is 3.11. The summed E-state index contributed by atoms with van der Waals surface area (Å²) in [6, 6.07) is 14.9. The van der Waals surface area contributed by atoms with Crippen molar-refractivity contribution in [3.8, 4) is 6.07 Å². The van der Waals surface area contributed by atoms with Gasteiger partial charge in [-0.1, -0.05) is 42.4 Å². The summed E-state index contributed by atoms with van der Waals surface area (Å²) < 4.78 is 0. The fourth-order valence-electron chi connectivity index (χ4n) is 2.17. The fraction of sp³-hybridized carbons (Fsp3) is 0.278. The molecule has 0 aliphatic carbocycles. The lowest BCUT2D eigenvalue weighted by Gasteiger charge is -2.09. The smallest absolute Gasteiger partial charge is 0.100 e. The molecule has 0 fully saturated rings. The summed E-state index contributed by atoms with van der Waals surface area (Å²) in [5, 5.41) is 12.7. The molecule has 1 N–H and O–H groups in total. The van der Waals surface area contributed by atoms with E-state index in [1.54, 1.807) is 11.8 Å². The summed E-state index contributed by atoms with van der Waals surface area (Å²) in [5.74, 6) is 0. The molecule has 3 heteroatoms. The molecule has 0 heterocycles. The minimum Gasteiger partial charge on any atom is -0.313 e. The second-order valence-corrected chi connectivity index (χ2v) is 6.18. The minimum absolute atomic E-state index is 0.746. The third-order valence-electron chi connectivity index (χ3n) is 3.29. The number of rotatable bonds is 5. The zero-order valence-corrected chi connectivity index (χ0v) is 13.6. The van der Waals surface area contributed by atoms with Gasteiger partial charge in [0.15, 0.2) is 0 Å². The van der Waals surface area contributed by atoms with Crippen LogP contribution in [0.3, 0.4) is 0 Å². The molecule has 0 atom stereocenters. The van der Waals surface area contributed by atoms with Gasteiger partial charge >= 0.3 is 0 Å². The molecule has 0 saturated heterocycles. The second kappa shape index (κ2) is 7.31. The van der Waals surface area contributed by atoms with Gasteiger partial charge < -0.3 is 5.32 Å². The second-order valence-electron chi connectivity index (χ2n) is 5.09. The predicted molar refractivity (Wildman–Crippen MR) is 88.6 cm³/mol. The van der Waals surface area contributed by atoms with Gasteiger partial charge in [0.1, 0.15) is 6.07 Å². The average Bonchev–Trinajstić information content (AvgIpc) is 2.48. The van der Waals surface area contributed by atoms with E-state index in [0.717, 1.165) is 29.1 Å². The number of benzene rings is 2. The SMILES string of the molecule is CCNCc1ccc(Sc2ccc(C)cc2C)c(C#N)c1. The summed E-state index contributed by atoms with van der Waals surface area (Å²) >= 11 is 1.66. The lowest BCUT2D eigenvalue weighted by Crippen LogP contribution is -2.11. The van der Waals surface area contributed by atoms with E-state index in [1.165, 1.54) is 16.0 Å². The lowest BCUT2D eigenvalue weighted by molar-refractivity contribution is 0.726. The first-order chi connectivity index (χ1) is 10.1. The molecular weight excluding hydrogens is 276 g/mol. The zero-order valence-electron chi connectivity index (χ0n) is 12.7. The Hall–Kier alpha value is -1.76. The Labute approximate surface area is 131 Å². The molecule has 108 valence electrons. The van der Waals surface area contributed by atoms with Gasteiger partial charge in [-0.25, -0.2) is 0 Å². The molecule has 0 amide bonds. The van der Waals surface area contributed by atoms with Gasteiger partial charge in [-0.05, 0) is 49.7 Å². The molecule has 2 aromatic rings. The van der Waals surface area contributed by atoms with Crippen molar-refractivity contribution in [1.82, 2.24) is 5.32 Å². The Morgan fingerprint density at radius 2 is 1.86 bits per heavy atom. The quantitative estimate of drug-likeness (QED) is 0.886. The van der Waals surface area contributed by atoms with Crippen molar-refractivity contribution in [2.24, 2.45) is 0 Å². The molecule has 2 aromatic carbocycles. The normalized spacial score (nSPS) is 10.4. The van der Waals surface area contributed by atoms with E-state index in [9.17, 15) is 5.26 Å². The summed E-state index contributed by atoms with van der Waals surface area (Å²) in [6.45, 7) is 8.02. The van der Waals surface area contributed by atoms with Gasteiger partial charge in [-0.3, -0.25) is 0 Å². The number of hydrogen-bond acceptors (Lipinski definition) is 3. The molecule has 0 bridgehead atoms. The average molecular weight is 296 g/mol. The highest BCUT2D eigenvalue weighted by Crippen LogP contribution is 2.33. The standard InChI is InChI=1S/C18H20N2S/c1-4-20-12-15-6-8-18(16(10-15)11-19)21-17-7-5-13(2)9-14(17)3/h5-10,20H,4,12H2,1-3H3. The summed E-state index contributed by atoms with van der Waals surface area (Å²) in [5.41, 5.74) is 4.41. The maximum absolute atomic E-state index is 9.38. The van der Waals surface area contributed by atoms with Crippen LogP contribution in [0.1, 0.15) is 29.2 Å². The zero-order chi connectivity index (χ0) is 15.2. The van der Waals surface area contributed by atoms with Gasteiger partial charge in [0.25, 0.3) is 0 Å². The van der Waals surface area contributed by atoms with Crippen molar-refractivity contribution < 1.29 is 0 Å². The topological polar surface area (TPSA) is 35.8 Å². The molecular formula is C18H20N2S. The predicted octanol–water partition coefficient (Wildman–Crippen LogP) is 4.44. The molecule has 0 saturated carbocycles. The Morgan fingerprint density at radius 1 is 1.10 bits per heavy atom. The highest BCUT2D eigenvalue weighted by molar-refractivity contribution is 7.99. The highest BCUT2D eigenvalue weighted by Gasteiger charge is 2.07. The summed E-state index contributed by atoms with van der Waals surface area (Å²) in [6.07, 6.45) is 0. The molecule has 0 aliphatic heterocycles. The largest absolute Gasteiger partial charge is 0.313 e. The molecule has 0 aliphatic rings. The summed E-state index contributed by atoms with van der Waals surface area (Å²) in [7, 11) is 0. The minimum atomic E-state index is 0.746. The van der Waals surface area contributed by atoms with Crippen LogP contribution in [0.25, 0.3) is 0 Å². The van der Waals surface area contributed by atoms with Crippen LogP contribution in [0.5, 0.6) is 0 Å². The molecule has 0 aromatic heterocycles. The van der Waals surface area contributed by atoms with Crippen molar-refractivity contribution in [3.05, 3.63) is 58.7 Å². The van der Waals surface area contributed by atoms with Crippen LogP contribution < -0.4 is 5.32 Å². The van der Waals surface area contributed by atoms with Crippen LogP contribution in [-0.2, 0) is 6.54 Å². The lowest BCUT2D eigenvalue weighted by atomic mass is 10.1. The molecule has 2 nitrogen and oxygen atoms in total. The third kappa shape index (κ3) is 4.10. The van der Waals surface area contributed by atoms with E-state index in [4.69, 9.17) is 0 Å². The van der Waals surface area contributed by atoms with Crippen molar-refractivity contribution in [2.45, 2.75) is 37.1 Å². The highest BCUT2D eigenvalue weighted by atomic mass is 32.2. The van der Waals surface area contributed by atoms with E-state index in [1.807, 2.05) is 6.07 Å². The van der Waals surface area contributed by atoms with Crippen LogP contribution in [-0.4, -0.2) is 6.54 Å². The van der Waals surface area contributed by atoms with Gasteiger partial charge in [-0.15, -0.1) is 0 Å². The van der Waals surface area contributed by atoms with Crippen LogP contribution in [0.15, 0.2) is 46.2 Å². The Morgan fingerprint density at radius 3 is 2.52 bits per heavy atom. The van der Waals surface area contributed by atoms with Crippen LogP contribution >= 0.6 is 11.8 Å². The van der Waals surface area contributed by atoms with E-state index in [2.05, 4.69) is 62.5 Å². The third-order valence-corrected chi connectivity index (χ3v) is 4.55. The van der Waals surface area contributed by atoms with Gasteiger partial charge in [0.2, 0.25) is 0 Å². The number of hydrogen-bond donors (Lipinski definition) is 1. The Bertz CT molecular complexity index is 671. The van der Waals surface area contributed by atoms with Crippen molar-refractivity contribution in [1.29, 1.82) is 5.26 Å². The maximum Gasteiger partial charge on any atom is 0.100 e. The number of nitrogens with zero attached hydrogens (tertiary/aromatic N) is 1. The van der Waals surface area contributed by atoms with E-state index >= 15 is 0 Å². The number of nitriles is 1. The molecule has 2 rings (SSSR count). The van der Waals surface area contributed by atoms with Crippen LogP contribution in [0.2, 0.25) is 0 Å². The molecule has 0 unspecified atom stereocenters. The van der Waals surface area contributed by atoms with E-state index < -0.39 is 0 Å². The summed E-state index contributed by atoms with van der Waals surface area (Å²) in [4.78, 5) is 2.22. The van der Waals surface area contributed by atoms with Crippen molar-refractivity contribution in [2.75, 3.05) is 6.54 Å². The number of aryl methyl sites for hydroxylation is 2. The van der Waals surface area contributed by atoms with Crippen molar-refractivity contribution >= 4 is 11.8 Å². The Kier molecular flexibility index (Phi) is 5.44. The maximum atomic E-state index is 9.38. The van der Waals surface area contributed by atoms with Gasteiger partial charge in [0.05, 0.1) is 5.56 Å². The van der Waals surface area contributed by atoms with Crippen LogP contribution in [0.4, 0.5) is 0 Å². The molecule has 21 heavy (non-hydrogen) atoms. The first-order valence-electron chi connectivity index (χ1n) is 7.13. The van der Waals surface area contributed by atoms with Gasteiger partial charge in [-0.2, -0.15) is 5.26 Å². The van der Waals surface area contributed by atoms with E-state index in [-0.39, 0.29) is 0 Å². The molecule has 0 spiro atoms. The first-order valence-corrected chi connectivity index (χ1v) is 7.94. The monoisotopic (exact) mass is 296 g/mol. The van der Waals surface area contributed by atoms with Crippen molar-refractivity contribution in [3.63, 3.8) is 0 Å². The molecule has 0 radical (unpaired) electrons. The van der Waals surface area contributed by atoms with E-state index in [0.29, 0.717) is 0 Å². The van der Waals surface area contributed by atoms with Gasteiger partial charge in [0, 0.05) is 16.3 Å².